The van der Waals surface area contributed by atoms with Crippen molar-refractivity contribution in [3.8, 4) is 0 Å². The van der Waals surface area contributed by atoms with Gasteiger partial charge in [-0.05, 0) is 51.7 Å². The fraction of sp³-hybridized carbons (Fsp3) is 0.929. The molecule has 2 heterocycles. The molecule has 0 radical (unpaired) electrons. The van der Waals surface area contributed by atoms with E-state index in [-0.39, 0.29) is 12.5 Å². The first kappa shape index (κ1) is 16.4. The molecule has 5 nitrogen and oxygen atoms in total. The smallest absolute Gasteiger partial charge is 0.236 e. The zero-order valence-electron chi connectivity index (χ0n) is 12.3. The molecule has 0 bridgehead atoms. The van der Waals surface area contributed by atoms with Crippen LogP contribution in [-0.4, -0.2) is 56.1 Å². The summed E-state index contributed by atoms with van der Waals surface area (Å²) in [5.41, 5.74) is 5.21. The van der Waals surface area contributed by atoms with E-state index in [2.05, 4.69) is 17.6 Å². The molecule has 2 rings (SSSR count). The highest BCUT2D eigenvalue weighted by atomic mass is 16.2. The van der Waals surface area contributed by atoms with Crippen LogP contribution in [0.2, 0.25) is 0 Å². The zero-order valence-corrected chi connectivity index (χ0v) is 12.3. The Balaban J connectivity index is 0.000000191. The van der Waals surface area contributed by atoms with E-state index in [0.717, 1.165) is 38.5 Å². The summed E-state index contributed by atoms with van der Waals surface area (Å²) < 4.78 is 0. The first-order chi connectivity index (χ1) is 9.27. The third-order valence-electron chi connectivity index (χ3n) is 3.72. The van der Waals surface area contributed by atoms with E-state index in [4.69, 9.17) is 5.73 Å². The SMILES string of the molecule is CCNC1CCNCC1.NCC(=O)N1CCCCC1. The summed E-state index contributed by atoms with van der Waals surface area (Å²) in [7, 11) is 0. The molecule has 0 saturated carbocycles. The molecule has 112 valence electrons. The van der Waals surface area contributed by atoms with Crippen LogP contribution in [0.15, 0.2) is 0 Å². The Morgan fingerprint density at radius 1 is 1.26 bits per heavy atom. The van der Waals surface area contributed by atoms with Gasteiger partial charge in [-0.15, -0.1) is 0 Å². The Kier molecular flexibility index (Phi) is 8.79. The number of carbonyl (C=O) groups excluding carboxylic acids is 1. The number of likely N-dealkylation sites (tertiary alicyclic amines) is 1. The van der Waals surface area contributed by atoms with Crippen molar-refractivity contribution in [3.05, 3.63) is 0 Å². The lowest BCUT2D eigenvalue weighted by Gasteiger charge is -2.25. The lowest BCUT2D eigenvalue weighted by Crippen LogP contribution is -2.39. The van der Waals surface area contributed by atoms with Gasteiger partial charge in [0.25, 0.3) is 0 Å². The van der Waals surface area contributed by atoms with Gasteiger partial charge in [-0.3, -0.25) is 4.79 Å². The fourth-order valence-electron chi connectivity index (χ4n) is 2.59. The molecule has 2 fully saturated rings. The minimum Gasteiger partial charge on any atom is -0.342 e. The van der Waals surface area contributed by atoms with Crippen molar-refractivity contribution < 1.29 is 4.79 Å². The third-order valence-corrected chi connectivity index (χ3v) is 3.72. The number of nitrogens with zero attached hydrogens (tertiary/aromatic N) is 1. The Hall–Kier alpha value is -0.650. The number of nitrogens with one attached hydrogen (secondary N) is 2. The lowest BCUT2D eigenvalue weighted by atomic mass is 10.1. The number of rotatable bonds is 3. The maximum Gasteiger partial charge on any atom is 0.236 e. The van der Waals surface area contributed by atoms with Crippen molar-refractivity contribution in [3.63, 3.8) is 0 Å². The Bertz CT molecular complexity index is 233. The Morgan fingerprint density at radius 2 is 1.89 bits per heavy atom. The average molecular weight is 270 g/mol. The van der Waals surface area contributed by atoms with Crippen LogP contribution in [0.25, 0.3) is 0 Å². The molecule has 0 aromatic heterocycles. The molecular formula is C14H30N4O. The predicted molar refractivity (Wildman–Crippen MR) is 79.1 cm³/mol. The van der Waals surface area contributed by atoms with E-state index in [1.165, 1.54) is 32.4 Å². The molecule has 2 aliphatic rings. The quantitative estimate of drug-likeness (QED) is 0.690. The lowest BCUT2D eigenvalue weighted by molar-refractivity contribution is -0.130. The minimum absolute atomic E-state index is 0.0969. The van der Waals surface area contributed by atoms with E-state index in [0.29, 0.717) is 0 Å². The van der Waals surface area contributed by atoms with Crippen LogP contribution in [0.1, 0.15) is 39.0 Å². The Morgan fingerprint density at radius 3 is 2.42 bits per heavy atom. The summed E-state index contributed by atoms with van der Waals surface area (Å²) in [5, 5.41) is 6.78. The maximum absolute atomic E-state index is 11.0. The highest BCUT2D eigenvalue weighted by Crippen LogP contribution is 2.07. The van der Waals surface area contributed by atoms with Gasteiger partial charge in [-0.1, -0.05) is 6.92 Å². The van der Waals surface area contributed by atoms with E-state index in [9.17, 15) is 4.79 Å². The minimum atomic E-state index is 0.0969. The molecule has 19 heavy (non-hydrogen) atoms. The number of carbonyl (C=O) groups is 1. The fourth-order valence-corrected chi connectivity index (χ4v) is 2.59. The second-order valence-corrected chi connectivity index (χ2v) is 5.23. The highest BCUT2D eigenvalue weighted by Gasteiger charge is 2.13. The van der Waals surface area contributed by atoms with Gasteiger partial charge in [0.2, 0.25) is 5.91 Å². The van der Waals surface area contributed by atoms with Crippen molar-refractivity contribution in [2.75, 3.05) is 39.3 Å². The zero-order chi connectivity index (χ0) is 13.9. The summed E-state index contributed by atoms with van der Waals surface area (Å²) in [4.78, 5) is 12.8. The topological polar surface area (TPSA) is 70.4 Å². The first-order valence-corrected chi connectivity index (χ1v) is 7.69. The molecule has 1 amide bonds. The summed E-state index contributed by atoms with van der Waals surface area (Å²) >= 11 is 0. The average Bonchev–Trinajstić information content (AvgIpc) is 2.49. The van der Waals surface area contributed by atoms with E-state index < -0.39 is 0 Å². The molecule has 0 spiro atoms. The van der Waals surface area contributed by atoms with Crippen molar-refractivity contribution in [1.29, 1.82) is 0 Å². The van der Waals surface area contributed by atoms with Crippen molar-refractivity contribution >= 4 is 5.91 Å². The molecule has 0 atom stereocenters. The van der Waals surface area contributed by atoms with Crippen LogP contribution in [-0.2, 0) is 4.79 Å². The largest absolute Gasteiger partial charge is 0.342 e. The molecule has 2 saturated heterocycles. The van der Waals surface area contributed by atoms with Crippen LogP contribution < -0.4 is 16.4 Å². The highest BCUT2D eigenvalue weighted by molar-refractivity contribution is 5.78. The van der Waals surface area contributed by atoms with Gasteiger partial charge in [0.15, 0.2) is 0 Å². The molecule has 5 heteroatoms. The van der Waals surface area contributed by atoms with Gasteiger partial charge in [0.05, 0.1) is 6.54 Å². The Labute approximate surface area is 117 Å². The van der Waals surface area contributed by atoms with Gasteiger partial charge in [-0.2, -0.15) is 0 Å². The number of amides is 1. The number of nitrogens with two attached hydrogens (primary N) is 1. The molecule has 4 N–H and O–H groups in total. The van der Waals surface area contributed by atoms with Crippen LogP contribution in [0.5, 0.6) is 0 Å². The van der Waals surface area contributed by atoms with Crippen molar-refractivity contribution in [1.82, 2.24) is 15.5 Å². The van der Waals surface area contributed by atoms with E-state index >= 15 is 0 Å². The van der Waals surface area contributed by atoms with Crippen molar-refractivity contribution in [2.24, 2.45) is 5.73 Å². The summed E-state index contributed by atoms with van der Waals surface area (Å²) in [6.07, 6.45) is 6.15. The summed E-state index contributed by atoms with van der Waals surface area (Å²) in [6.45, 7) is 7.66. The number of hydrogen-bond acceptors (Lipinski definition) is 4. The third kappa shape index (κ3) is 6.89. The maximum atomic E-state index is 11.0. The van der Waals surface area contributed by atoms with Crippen LogP contribution in [0.3, 0.4) is 0 Å². The van der Waals surface area contributed by atoms with Crippen LogP contribution in [0, 0.1) is 0 Å². The number of hydrogen-bond donors (Lipinski definition) is 3. The molecular weight excluding hydrogens is 240 g/mol. The molecule has 2 aliphatic heterocycles. The van der Waals surface area contributed by atoms with Gasteiger partial charge < -0.3 is 21.3 Å². The standard InChI is InChI=1S/C7H14N2O.C7H16N2/c8-6-7(10)9-4-2-1-3-5-9;1-2-9-7-3-5-8-6-4-7/h1-6,8H2;7-9H,2-6H2,1H3. The molecule has 0 aliphatic carbocycles. The molecule has 0 unspecified atom stereocenters. The van der Waals surface area contributed by atoms with Crippen molar-refractivity contribution in [2.45, 2.75) is 45.1 Å². The first-order valence-electron chi connectivity index (χ1n) is 7.69. The van der Waals surface area contributed by atoms with Crippen LogP contribution >= 0.6 is 0 Å². The predicted octanol–water partition coefficient (Wildman–Crippen LogP) is 0.306. The van der Waals surface area contributed by atoms with Gasteiger partial charge >= 0.3 is 0 Å². The second-order valence-electron chi connectivity index (χ2n) is 5.23. The molecule has 0 aromatic carbocycles. The number of piperidine rings is 2. The van der Waals surface area contributed by atoms with E-state index in [1.54, 1.807) is 0 Å². The summed E-state index contributed by atoms with van der Waals surface area (Å²) in [6, 6.07) is 0.788. The van der Waals surface area contributed by atoms with E-state index in [1.807, 2.05) is 4.90 Å². The van der Waals surface area contributed by atoms with Gasteiger partial charge in [0, 0.05) is 19.1 Å². The van der Waals surface area contributed by atoms with Gasteiger partial charge in [0.1, 0.15) is 0 Å². The van der Waals surface area contributed by atoms with Gasteiger partial charge in [-0.25, -0.2) is 0 Å². The second kappa shape index (κ2) is 10.2. The molecule has 0 aromatic rings. The monoisotopic (exact) mass is 270 g/mol. The van der Waals surface area contributed by atoms with Crippen LogP contribution in [0.4, 0.5) is 0 Å². The normalized spacial score (nSPS) is 20.6. The summed E-state index contributed by atoms with van der Waals surface area (Å²) in [5.74, 6) is 0.0969.